The predicted octanol–water partition coefficient (Wildman–Crippen LogP) is 0.735. The summed E-state index contributed by atoms with van der Waals surface area (Å²) in [5.74, 6) is 0.888. The van der Waals surface area contributed by atoms with Crippen LogP contribution in [0, 0.1) is 0 Å². The SMILES string of the molecule is COCCCn1c(O)c(C2=NNC(c3cc(OC)ccc3OC)C2)c(=O)[nH]c1=O. The molecule has 0 amide bonds. The third-order valence-electron chi connectivity index (χ3n) is 4.76. The van der Waals surface area contributed by atoms with Crippen molar-refractivity contribution in [3.8, 4) is 17.4 Å². The van der Waals surface area contributed by atoms with Crippen LogP contribution in [0.3, 0.4) is 0 Å². The van der Waals surface area contributed by atoms with E-state index in [2.05, 4.69) is 15.5 Å². The molecule has 10 nitrogen and oxygen atoms in total. The molecule has 1 aromatic heterocycles. The average Bonchev–Trinajstić information content (AvgIpc) is 3.19. The molecule has 1 aliphatic rings. The summed E-state index contributed by atoms with van der Waals surface area (Å²) in [5, 5.41) is 14.8. The summed E-state index contributed by atoms with van der Waals surface area (Å²) in [6, 6.07) is 5.10. The molecule has 0 fully saturated rings. The number of H-pyrrole nitrogens is 1. The zero-order valence-electron chi connectivity index (χ0n) is 16.5. The van der Waals surface area contributed by atoms with Crippen LogP contribution in [-0.2, 0) is 11.3 Å². The minimum Gasteiger partial charge on any atom is -0.497 e. The summed E-state index contributed by atoms with van der Waals surface area (Å²) in [4.78, 5) is 26.7. The van der Waals surface area contributed by atoms with E-state index in [-0.39, 0.29) is 18.2 Å². The van der Waals surface area contributed by atoms with E-state index in [4.69, 9.17) is 14.2 Å². The highest BCUT2D eigenvalue weighted by atomic mass is 16.5. The Kier molecular flexibility index (Phi) is 6.23. The van der Waals surface area contributed by atoms with Gasteiger partial charge in [0.15, 0.2) is 0 Å². The number of hydrogen-bond acceptors (Lipinski definition) is 8. The van der Waals surface area contributed by atoms with Crippen molar-refractivity contribution in [2.24, 2.45) is 5.10 Å². The fourth-order valence-corrected chi connectivity index (χ4v) is 3.28. The van der Waals surface area contributed by atoms with Crippen molar-refractivity contribution in [1.82, 2.24) is 15.0 Å². The van der Waals surface area contributed by atoms with E-state index in [1.807, 2.05) is 6.07 Å². The Morgan fingerprint density at radius 2 is 2.03 bits per heavy atom. The molecular formula is C19H24N4O6. The maximum atomic E-state index is 12.4. The van der Waals surface area contributed by atoms with Gasteiger partial charge >= 0.3 is 5.69 Å². The van der Waals surface area contributed by atoms with Crippen molar-refractivity contribution in [3.05, 3.63) is 50.2 Å². The molecule has 1 aromatic carbocycles. The van der Waals surface area contributed by atoms with E-state index in [0.29, 0.717) is 36.7 Å². The summed E-state index contributed by atoms with van der Waals surface area (Å²) in [6.45, 7) is 0.622. The summed E-state index contributed by atoms with van der Waals surface area (Å²) < 4.78 is 16.8. The number of rotatable bonds is 8. The van der Waals surface area contributed by atoms with Crippen LogP contribution in [-0.4, -0.2) is 48.3 Å². The first-order valence-electron chi connectivity index (χ1n) is 9.09. The molecule has 0 bridgehead atoms. The highest BCUT2D eigenvalue weighted by molar-refractivity contribution is 6.03. The number of ether oxygens (including phenoxy) is 3. The molecule has 1 aliphatic heterocycles. The van der Waals surface area contributed by atoms with Crippen LogP contribution in [0.2, 0.25) is 0 Å². The van der Waals surface area contributed by atoms with Gasteiger partial charge in [-0.25, -0.2) is 4.79 Å². The minimum atomic E-state index is -0.686. The Hall–Kier alpha value is -3.27. The maximum Gasteiger partial charge on any atom is 0.331 e. The van der Waals surface area contributed by atoms with Gasteiger partial charge in [0.1, 0.15) is 17.1 Å². The standard InChI is InChI=1S/C19H24N4O6/c1-27-8-4-7-23-18(25)16(17(24)20-19(23)26)14-10-13(21-22-14)12-9-11(28-2)5-6-15(12)29-3/h5-6,9,13,21,25H,4,7-8,10H2,1-3H3,(H,20,24,26). The first-order chi connectivity index (χ1) is 14.0. The number of aromatic nitrogens is 2. The Balaban J connectivity index is 1.91. The van der Waals surface area contributed by atoms with Crippen LogP contribution in [0.15, 0.2) is 32.9 Å². The molecule has 10 heteroatoms. The summed E-state index contributed by atoms with van der Waals surface area (Å²) >= 11 is 0. The van der Waals surface area contributed by atoms with Crippen LogP contribution in [0.25, 0.3) is 0 Å². The van der Waals surface area contributed by atoms with Crippen molar-refractivity contribution in [2.75, 3.05) is 27.9 Å². The summed E-state index contributed by atoms with van der Waals surface area (Å²) in [6.07, 6.45) is 0.820. The molecule has 3 N–H and O–H groups in total. The lowest BCUT2D eigenvalue weighted by atomic mass is 9.99. The number of nitrogens with zero attached hydrogens (tertiary/aromatic N) is 2. The van der Waals surface area contributed by atoms with E-state index in [1.165, 1.54) is 0 Å². The van der Waals surface area contributed by atoms with Gasteiger partial charge in [-0.3, -0.25) is 14.3 Å². The summed E-state index contributed by atoms with van der Waals surface area (Å²) in [7, 11) is 4.68. The van der Waals surface area contributed by atoms with Crippen LogP contribution < -0.4 is 26.1 Å². The molecule has 1 atom stereocenters. The third kappa shape index (κ3) is 4.11. The van der Waals surface area contributed by atoms with E-state index in [9.17, 15) is 14.7 Å². The number of hydrogen-bond donors (Lipinski definition) is 3. The van der Waals surface area contributed by atoms with E-state index in [1.54, 1.807) is 33.5 Å². The number of aromatic amines is 1. The Bertz CT molecular complexity index is 1030. The highest BCUT2D eigenvalue weighted by Gasteiger charge is 2.29. The molecular weight excluding hydrogens is 380 g/mol. The van der Waals surface area contributed by atoms with E-state index >= 15 is 0 Å². The molecule has 2 aromatic rings. The summed E-state index contributed by atoms with van der Waals surface area (Å²) in [5.41, 5.74) is 2.73. The van der Waals surface area contributed by atoms with Gasteiger partial charge in [0.25, 0.3) is 5.56 Å². The minimum absolute atomic E-state index is 0.0288. The Labute approximate surface area is 166 Å². The van der Waals surface area contributed by atoms with Gasteiger partial charge in [0.05, 0.1) is 26.0 Å². The van der Waals surface area contributed by atoms with Crippen LogP contribution in [0.5, 0.6) is 17.4 Å². The first-order valence-corrected chi connectivity index (χ1v) is 9.09. The number of nitrogens with one attached hydrogen (secondary N) is 2. The van der Waals surface area contributed by atoms with Crippen LogP contribution >= 0.6 is 0 Å². The van der Waals surface area contributed by atoms with Gasteiger partial charge in [-0.1, -0.05) is 0 Å². The molecule has 156 valence electrons. The molecule has 0 saturated carbocycles. The van der Waals surface area contributed by atoms with Crippen molar-refractivity contribution in [1.29, 1.82) is 0 Å². The number of aromatic hydroxyl groups is 1. The zero-order chi connectivity index (χ0) is 21.0. The highest BCUT2D eigenvalue weighted by Crippen LogP contribution is 2.34. The van der Waals surface area contributed by atoms with Gasteiger partial charge in [0.2, 0.25) is 5.88 Å². The van der Waals surface area contributed by atoms with Gasteiger partial charge in [-0.05, 0) is 24.6 Å². The third-order valence-corrected chi connectivity index (χ3v) is 4.76. The second kappa shape index (κ2) is 8.82. The topological polar surface area (TPSA) is 127 Å². The second-order valence-corrected chi connectivity index (χ2v) is 6.51. The first kappa shape index (κ1) is 20.5. The fraction of sp³-hybridized carbons (Fsp3) is 0.421. The lowest BCUT2D eigenvalue weighted by Crippen LogP contribution is -2.34. The molecule has 1 unspecified atom stereocenters. The Morgan fingerprint density at radius 1 is 1.24 bits per heavy atom. The molecule has 0 aliphatic carbocycles. The smallest absolute Gasteiger partial charge is 0.331 e. The largest absolute Gasteiger partial charge is 0.497 e. The fourth-order valence-electron chi connectivity index (χ4n) is 3.28. The van der Waals surface area contributed by atoms with Crippen molar-refractivity contribution >= 4 is 5.71 Å². The molecule has 0 saturated heterocycles. The molecule has 2 heterocycles. The number of methoxy groups -OCH3 is 3. The average molecular weight is 404 g/mol. The molecule has 29 heavy (non-hydrogen) atoms. The number of hydrazone groups is 1. The maximum absolute atomic E-state index is 12.4. The van der Waals surface area contributed by atoms with Crippen molar-refractivity contribution in [3.63, 3.8) is 0 Å². The van der Waals surface area contributed by atoms with Gasteiger partial charge in [0, 0.05) is 32.2 Å². The van der Waals surface area contributed by atoms with Gasteiger partial charge < -0.3 is 24.7 Å². The number of benzene rings is 1. The zero-order valence-corrected chi connectivity index (χ0v) is 16.5. The predicted molar refractivity (Wildman–Crippen MR) is 106 cm³/mol. The lowest BCUT2D eigenvalue weighted by Gasteiger charge is -2.16. The molecule has 0 radical (unpaired) electrons. The van der Waals surface area contributed by atoms with Gasteiger partial charge in [-0.15, -0.1) is 0 Å². The van der Waals surface area contributed by atoms with Crippen LogP contribution in [0.4, 0.5) is 0 Å². The normalized spacial score (nSPS) is 15.7. The van der Waals surface area contributed by atoms with Crippen LogP contribution in [0.1, 0.15) is 30.0 Å². The Morgan fingerprint density at radius 3 is 2.72 bits per heavy atom. The quantitative estimate of drug-likeness (QED) is 0.554. The lowest BCUT2D eigenvalue weighted by molar-refractivity contribution is 0.188. The van der Waals surface area contributed by atoms with E-state index < -0.39 is 17.1 Å². The van der Waals surface area contributed by atoms with Crippen molar-refractivity contribution in [2.45, 2.75) is 25.4 Å². The molecule has 3 rings (SSSR count). The van der Waals surface area contributed by atoms with Gasteiger partial charge in [-0.2, -0.15) is 5.10 Å². The van der Waals surface area contributed by atoms with Crippen molar-refractivity contribution < 1.29 is 19.3 Å². The molecule has 0 spiro atoms. The van der Waals surface area contributed by atoms with E-state index in [0.717, 1.165) is 10.1 Å². The second-order valence-electron chi connectivity index (χ2n) is 6.51. The monoisotopic (exact) mass is 404 g/mol.